The maximum Gasteiger partial charge on any atom is 0.223 e. The first kappa shape index (κ1) is 15.0. The van der Waals surface area contributed by atoms with Gasteiger partial charge in [-0.15, -0.1) is 11.3 Å². The molecule has 5 nitrogen and oxygen atoms in total. The van der Waals surface area contributed by atoms with Crippen LogP contribution in [0.3, 0.4) is 0 Å². The van der Waals surface area contributed by atoms with Crippen LogP contribution in [0.25, 0.3) is 0 Å². The Morgan fingerprint density at radius 3 is 2.70 bits per heavy atom. The van der Waals surface area contributed by atoms with Crippen LogP contribution < -0.4 is 5.32 Å². The van der Waals surface area contributed by atoms with Crippen molar-refractivity contribution in [2.75, 3.05) is 19.6 Å². The Balaban J connectivity index is 1.69. The zero-order valence-electron chi connectivity index (χ0n) is 12.0. The number of nitrogens with zero attached hydrogens (tertiary/aromatic N) is 2. The van der Waals surface area contributed by atoms with Gasteiger partial charge in [0, 0.05) is 50.0 Å². The van der Waals surface area contributed by atoms with Crippen LogP contribution in [0, 0.1) is 12.8 Å². The second-order valence-corrected chi connectivity index (χ2v) is 6.15. The van der Waals surface area contributed by atoms with E-state index in [4.69, 9.17) is 0 Å². The lowest BCUT2D eigenvalue weighted by atomic mass is 9.96. The molecule has 1 aromatic rings. The van der Waals surface area contributed by atoms with Gasteiger partial charge in [-0.05, 0) is 19.8 Å². The minimum atomic E-state index is 0.0450. The first-order valence-electron chi connectivity index (χ1n) is 7.00. The highest BCUT2D eigenvalue weighted by atomic mass is 32.1. The van der Waals surface area contributed by atoms with Crippen LogP contribution in [-0.2, 0) is 16.0 Å². The molecule has 1 aliphatic rings. The van der Waals surface area contributed by atoms with E-state index in [1.807, 2.05) is 17.2 Å². The quantitative estimate of drug-likeness (QED) is 0.912. The van der Waals surface area contributed by atoms with Crippen molar-refractivity contribution in [3.63, 3.8) is 0 Å². The number of piperidine rings is 1. The van der Waals surface area contributed by atoms with Crippen LogP contribution >= 0.6 is 11.3 Å². The predicted octanol–water partition coefficient (Wildman–Crippen LogP) is 1.37. The Labute approximate surface area is 123 Å². The van der Waals surface area contributed by atoms with E-state index >= 15 is 0 Å². The molecule has 1 saturated heterocycles. The zero-order valence-corrected chi connectivity index (χ0v) is 12.8. The van der Waals surface area contributed by atoms with Gasteiger partial charge >= 0.3 is 0 Å². The van der Waals surface area contributed by atoms with E-state index < -0.39 is 0 Å². The minimum Gasteiger partial charge on any atom is -0.355 e. The zero-order chi connectivity index (χ0) is 14.5. The van der Waals surface area contributed by atoms with Gasteiger partial charge in [-0.2, -0.15) is 0 Å². The molecular weight excluding hydrogens is 274 g/mol. The van der Waals surface area contributed by atoms with Crippen molar-refractivity contribution in [3.05, 3.63) is 16.1 Å². The van der Waals surface area contributed by atoms with E-state index in [1.54, 1.807) is 18.3 Å². The maximum atomic E-state index is 12.0. The fraction of sp³-hybridized carbons (Fsp3) is 0.643. The number of carbonyl (C=O) groups is 2. The molecule has 1 N–H and O–H groups in total. The molecular formula is C14H21N3O2S. The van der Waals surface area contributed by atoms with Crippen molar-refractivity contribution in [2.24, 2.45) is 5.92 Å². The third kappa shape index (κ3) is 4.03. The lowest BCUT2D eigenvalue weighted by molar-refractivity contribution is -0.133. The monoisotopic (exact) mass is 295 g/mol. The van der Waals surface area contributed by atoms with Crippen LogP contribution in [0.4, 0.5) is 0 Å². The second kappa shape index (κ2) is 6.83. The number of likely N-dealkylation sites (tertiary alicyclic amines) is 1. The summed E-state index contributed by atoms with van der Waals surface area (Å²) in [5, 5.41) is 6.06. The van der Waals surface area contributed by atoms with Gasteiger partial charge in [0.25, 0.3) is 0 Å². The van der Waals surface area contributed by atoms with Crippen molar-refractivity contribution < 1.29 is 9.59 Å². The van der Waals surface area contributed by atoms with Gasteiger partial charge in [0.2, 0.25) is 11.8 Å². The first-order valence-corrected chi connectivity index (χ1v) is 7.88. The largest absolute Gasteiger partial charge is 0.355 e. The molecule has 0 unspecified atom stereocenters. The number of rotatable bonds is 4. The van der Waals surface area contributed by atoms with Crippen LogP contribution in [0.5, 0.6) is 0 Å². The summed E-state index contributed by atoms with van der Waals surface area (Å²) in [4.78, 5) is 29.4. The summed E-state index contributed by atoms with van der Waals surface area (Å²) in [5.41, 5.74) is 1.04. The van der Waals surface area contributed by atoms with Crippen molar-refractivity contribution in [2.45, 2.75) is 33.1 Å². The molecule has 2 amide bonds. The number of aryl methyl sites for hydroxylation is 1. The van der Waals surface area contributed by atoms with Gasteiger partial charge in [0.15, 0.2) is 0 Å². The van der Waals surface area contributed by atoms with Crippen molar-refractivity contribution >= 4 is 23.2 Å². The van der Waals surface area contributed by atoms with Gasteiger partial charge in [-0.3, -0.25) is 9.59 Å². The molecule has 0 spiro atoms. The third-order valence-corrected chi connectivity index (χ3v) is 4.64. The molecule has 0 aliphatic carbocycles. The van der Waals surface area contributed by atoms with Gasteiger partial charge in [-0.1, -0.05) is 0 Å². The third-order valence-electron chi connectivity index (χ3n) is 3.62. The van der Waals surface area contributed by atoms with Crippen LogP contribution in [-0.4, -0.2) is 41.3 Å². The topological polar surface area (TPSA) is 62.3 Å². The molecule has 0 saturated carbocycles. The van der Waals surface area contributed by atoms with Gasteiger partial charge in [-0.25, -0.2) is 4.98 Å². The Kier molecular flexibility index (Phi) is 5.11. The number of nitrogens with one attached hydrogen (secondary N) is 1. The average Bonchev–Trinajstić information content (AvgIpc) is 2.84. The van der Waals surface area contributed by atoms with Crippen molar-refractivity contribution in [1.29, 1.82) is 0 Å². The van der Waals surface area contributed by atoms with E-state index in [0.29, 0.717) is 19.6 Å². The fourth-order valence-corrected chi connectivity index (χ4v) is 3.19. The van der Waals surface area contributed by atoms with E-state index in [-0.39, 0.29) is 17.7 Å². The Morgan fingerprint density at radius 1 is 1.45 bits per heavy atom. The van der Waals surface area contributed by atoms with Crippen LogP contribution in [0.15, 0.2) is 5.38 Å². The number of aromatic nitrogens is 1. The SMILES string of the molecule is CC(=O)N1CCC(C(=O)NCCc2nc(C)cs2)CC1. The molecule has 1 aliphatic heterocycles. The molecule has 0 bridgehead atoms. The van der Waals surface area contributed by atoms with E-state index in [2.05, 4.69) is 10.3 Å². The summed E-state index contributed by atoms with van der Waals surface area (Å²) in [5.74, 6) is 0.258. The highest BCUT2D eigenvalue weighted by Gasteiger charge is 2.25. The van der Waals surface area contributed by atoms with Gasteiger partial charge < -0.3 is 10.2 Å². The Bertz CT molecular complexity index is 479. The smallest absolute Gasteiger partial charge is 0.223 e. The summed E-state index contributed by atoms with van der Waals surface area (Å²) < 4.78 is 0. The lowest BCUT2D eigenvalue weighted by Gasteiger charge is -2.30. The summed E-state index contributed by atoms with van der Waals surface area (Å²) in [7, 11) is 0. The molecule has 0 atom stereocenters. The van der Waals surface area contributed by atoms with Gasteiger partial charge in [0.1, 0.15) is 0 Å². The molecule has 110 valence electrons. The Morgan fingerprint density at radius 2 is 2.15 bits per heavy atom. The molecule has 0 radical (unpaired) electrons. The van der Waals surface area contributed by atoms with Crippen LogP contribution in [0.1, 0.15) is 30.5 Å². The van der Waals surface area contributed by atoms with E-state index in [9.17, 15) is 9.59 Å². The number of hydrogen-bond donors (Lipinski definition) is 1. The molecule has 0 aromatic carbocycles. The molecule has 1 fully saturated rings. The number of hydrogen-bond acceptors (Lipinski definition) is 4. The summed E-state index contributed by atoms with van der Waals surface area (Å²) >= 11 is 1.63. The number of carbonyl (C=O) groups excluding carboxylic acids is 2. The normalized spacial score (nSPS) is 16.2. The fourth-order valence-electron chi connectivity index (χ4n) is 2.41. The summed E-state index contributed by atoms with van der Waals surface area (Å²) in [6.45, 7) is 5.58. The lowest BCUT2D eigenvalue weighted by Crippen LogP contribution is -2.42. The standard InChI is InChI=1S/C14H21N3O2S/c1-10-9-20-13(16-10)3-6-15-14(19)12-4-7-17(8-5-12)11(2)18/h9,12H,3-8H2,1-2H3,(H,15,19). The highest BCUT2D eigenvalue weighted by molar-refractivity contribution is 7.09. The maximum absolute atomic E-state index is 12.0. The van der Waals surface area contributed by atoms with Crippen molar-refractivity contribution in [3.8, 4) is 0 Å². The van der Waals surface area contributed by atoms with E-state index in [1.165, 1.54) is 0 Å². The number of amides is 2. The first-order chi connectivity index (χ1) is 9.56. The molecule has 2 heterocycles. The second-order valence-electron chi connectivity index (χ2n) is 5.20. The highest BCUT2D eigenvalue weighted by Crippen LogP contribution is 2.17. The molecule has 2 rings (SSSR count). The van der Waals surface area contributed by atoms with Gasteiger partial charge in [0.05, 0.1) is 5.01 Å². The minimum absolute atomic E-state index is 0.0450. The van der Waals surface area contributed by atoms with Crippen molar-refractivity contribution in [1.82, 2.24) is 15.2 Å². The molecule has 6 heteroatoms. The van der Waals surface area contributed by atoms with E-state index in [0.717, 1.165) is 30.0 Å². The predicted molar refractivity (Wildman–Crippen MR) is 78.5 cm³/mol. The Hall–Kier alpha value is -1.43. The molecule has 20 heavy (non-hydrogen) atoms. The number of thiazole rings is 1. The van der Waals surface area contributed by atoms with Crippen LogP contribution in [0.2, 0.25) is 0 Å². The molecule has 1 aromatic heterocycles. The summed E-state index contributed by atoms with van der Waals surface area (Å²) in [6, 6.07) is 0. The average molecular weight is 295 g/mol. The summed E-state index contributed by atoms with van der Waals surface area (Å²) in [6.07, 6.45) is 2.32.